The molecule has 76 valence electrons. The molecule has 0 bridgehead atoms. The third-order valence-electron chi connectivity index (χ3n) is 2.34. The second-order valence-corrected chi connectivity index (χ2v) is 3.49. The summed E-state index contributed by atoms with van der Waals surface area (Å²) >= 11 is 0. The fourth-order valence-electron chi connectivity index (χ4n) is 1.51. The zero-order valence-electron chi connectivity index (χ0n) is 8.79. The van der Waals surface area contributed by atoms with E-state index < -0.39 is 0 Å². The number of benzene rings is 1. The van der Waals surface area contributed by atoms with E-state index in [0.29, 0.717) is 12.5 Å². The van der Waals surface area contributed by atoms with Gasteiger partial charge in [-0.3, -0.25) is 0 Å². The summed E-state index contributed by atoms with van der Waals surface area (Å²) in [5, 5.41) is 3.22. The Bertz CT molecular complexity index is 282. The maximum absolute atomic E-state index is 10.9. The predicted molar refractivity (Wildman–Crippen MR) is 58.2 cm³/mol. The van der Waals surface area contributed by atoms with Crippen molar-refractivity contribution >= 4 is 5.78 Å². The van der Waals surface area contributed by atoms with Gasteiger partial charge < -0.3 is 10.1 Å². The molecule has 0 saturated heterocycles. The molecule has 0 radical (unpaired) electrons. The lowest BCUT2D eigenvalue weighted by molar-refractivity contribution is -0.117. The molecule has 1 aromatic rings. The molecule has 0 aromatic heterocycles. The van der Waals surface area contributed by atoms with Crippen molar-refractivity contribution in [3.8, 4) is 0 Å². The van der Waals surface area contributed by atoms with Crippen molar-refractivity contribution < 1.29 is 4.79 Å². The molecule has 1 N–H and O–H groups in total. The molecule has 0 saturated carbocycles. The zero-order chi connectivity index (χ0) is 10.4. The number of ketones is 1. The number of nitrogens with one attached hydrogen (secondary N) is 1. The number of Topliss-reactive ketones (excluding diaryl/α,β-unsaturated/α-hetero) is 1. The average Bonchev–Trinajstić information content (AvgIpc) is 2.20. The number of hydrogen-bond donors (Lipinski definition) is 1. The highest BCUT2D eigenvalue weighted by atomic mass is 16.1. The van der Waals surface area contributed by atoms with E-state index in [2.05, 4.69) is 17.4 Å². The van der Waals surface area contributed by atoms with Gasteiger partial charge >= 0.3 is 0 Å². The first-order valence-corrected chi connectivity index (χ1v) is 4.95. The number of rotatable bonds is 5. The molecule has 1 atom stereocenters. The van der Waals surface area contributed by atoms with Crippen LogP contribution in [0, 0.1) is 0 Å². The molecular weight excluding hydrogens is 174 g/mol. The van der Waals surface area contributed by atoms with Crippen LogP contribution in [0.4, 0.5) is 0 Å². The van der Waals surface area contributed by atoms with Gasteiger partial charge in [-0.2, -0.15) is 0 Å². The minimum absolute atomic E-state index is 0.251. The lowest BCUT2D eigenvalue weighted by Crippen LogP contribution is -2.17. The van der Waals surface area contributed by atoms with E-state index in [0.717, 1.165) is 6.42 Å². The van der Waals surface area contributed by atoms with Gasteiger partial charge in [-0.15, -0.1) is 0 Å². The van der Waals surface area contributed by atoms with Gasteiger partial charge in [0.1, 0.15) is 5.78 Å². The highest BCUT2D eigenvalue weighted by Gasteiger charge is 2.08. The lowest BCUT2D eigenvalue weighted by Gasteiger charge is -2.15. The largest absolute Gasteiger partial charge is 0.313 e. The van der Waals surface area contributed by atoms with Gasteiger partial charge in [0.2, 0.25) is 0 Å². The minimum atomic E-state index is 0.251. The van der Waals surface area contributed by atoms with Crippen LogP contribution in [-0.4, -0.2) is 12.8 Å². The molecule has 0 heterocycles. The van der Waals surface area contributed by atoms with Gasteiger partial charge in [-0.25, -0.2) is 0 Å². The van der Waals surface area contributed by atoms with Crippen LogP contribution >= 0.6 is 0 Å². The molecule has 1 unspecified atom stereocenters. The van der Waals surface area contributed by atoms with Crippen molar-refractivity contribution in [1.82, 2.24) is 5.32 Å². The molecule has 0 aliphatic rings. The van der Waals surface area contributed by atoms with Crippen molar-refractivity contribution in [2.45, 2.75) is 25.8 Å². The quantitative estimate of drug-likeness (QED) is 0.773. The van der Waals surface area contributed by atoms with E-state index in [1.54, 1.807) is 6.92 Å². The fraction of sp³-hybridized carbons (Fsp3) is 0.417. The Kier molecular flexibility index (Phi) is 4.33. The summed E-state index contributed by atoms with van der Waals surface area (Å²) in [6, 6.07) is 10.5. The molecule has 0 aliphatic carbocycles. The van der Waals surface area contributed by atoms with Gasteiger partial charge in [0.15, 0.2) is 0 Å². The van der Waals surface area contributed by atoms with Crippen molar-refractivity contribution in [3.63, 3.8) is 0 Å². The molecular formula is C12H17NO. The van der Waals surface area contributed by atoms with Gasteiger partial charge in [-0.1, -0.05) is 30.3 Å². The monoisotopic (exact) mass is 191 g/mol. The van der Waals surface area contributed by atoms with Gasteiger partial charge in [0.25, 0.3) is 0 Å². The van der Waals surface area contributed by atoms with Gasteiger partial charge in [-0.05, 0) is 26.0 Å². The number of carbonyl (C=O) groups excluding carboxylic acids is 1. The Balaban J connectivity index is 2.58. The van der Waals surface area contributed by atoms with Crippen LogP contribution in [0.2, 0.25) is 0 Å². The summed E-state index contributed by atoms with van der Waals surface area (Å²) in [6.45, 7) is 1.64. The van der Waals surface area contributed by atoms with Crippen LogP contribution in [0.1, 0.15) is 31.4 Å². The average molecular weight is 191 g/mol. The Morgan fingerprint density at radius 2 is 2.00 bits per heavy atom. The summed E-state index contributed by atoms with van der Waals surface area (Å²) in [5.74, 6) is 0.251. The van der Waals surface area contributed by atoms with E-state index >= 15 is 0 Å². The Morgan fingerprint density at radius 3 is 2.50 bits per heavy atom. The van der Waals surface area contributed by atoms with Crippen LogP contribution < -0.4 is 5.32 Å². The molecule has 1 rings (SSSR count). The standard InChI is InChI=1S/C12H17NO/c1-10(14)8-9-12(13-2)11-6-4-3-5-7-11/h3-7,12-13H,8-9H2,1-2H3. The maximum atomic E-state index is 10.9. The molecule has 1 aromatic carbocycles. The molecule has 2 nitrogen and oxygen atoms in total. The minimum Gasteiger partial charge on any atom is -0.313 e. The smallest absolute Gasteiger partial charge is 0.129 e. The Morgan fingerprint density at radius 1 is 1.36 bits per heavy atom. The highest BCUT2D eigenvalue weighted by Crippen LogP contribution is 2.17. The van der Waals surface area contributed by atoms with Gasteiger partial charge in [0.05, 0.1) is 0 Å². The second-order valence-electron chi connectivity index (χ2n) is 3.49. The summed E-state index contributed by atoms with van der Waals surface area (Å²) in [6.07, 6.45) is 1.51. The van der Waals surface area contributed by atoms with Crippen LogP contribution in [0.15, 0.2) is 30.3 Å². The number of hydrogen-bond acceptors (Lipinski definition) is 2. The first kappa shape index (κ1) is 10.9. The SMILES string of the molecule is CNC(CCC(C)=O)c1ccccc1. The van der Waals surface area contributed by atoms with Crippen LogP contribution in [0.3, 0.4) is 0 Å². The van der Waals surface area contributed by atoms with Crippen molar-refractivity contribution in [3.05, 3.63) is 35.9 Å². The van der Waals surface area contributed by atoms with E-state index in [9.17, 15) is 4.79 Å². The first-order valence-electron chi connectivity index (χ1n) is 4.95. The van der Waals surface area contributed by atoms with E-state index in [-0.39, 0.29) is 5.78 Å². The van der Waals surface area contributed by atoms with Crippen molar-refractivity contribution in [2.75, 3.05) is 7.05 Å². The van der Waals surface area contributed by atoms with Crippen molar-refractivity contribution in [2.24, 2.45) is 0 Å². The highest BCUT2D eigenvalue weighted by molar-refractivity contribution is 5.75. The van der Waals surface area contributed by atoms with Crippen molar-refractivity contribution in [1.29, 1.82) is 0 Å². The van der Waals surface area contributed by atoms with E-state index in [4.69, 9.17) is 0 Å². The normalized spacial score (nSPS) is 12.4. The Labute approximate surface area is 85.3 Å². The van der Waals surface area contributed by atoms with E-state index in [1.807, 2.05) is 25.2 Å². The molecule has 0 fully saturated rings. The maximum Gasteiger partial charge on any atom is 0.129 e. The third-order valence-corrected chi connectivity index (χ3v) is 2.34. The number of carbonyl (C=O) groups is 1. The second kappa shape index (κ2) is 5.55. The molecule has 0 spiro atoms. The van der Waals surface area contributed by atoms with E-state index in [1.165, 1.54) is 5.56 Å². The zero-order valence-corrected chi connectivity index (χ0v) is 8.79. The molecule has 0 aliphatic heterocycles. The van der Waals surface area contributed by atoms with Gasteiger partial charge in [0, 0.05) is 12.5 Å². The van der Waals surface area contributed by atoms with Crippen LogP contribution in [0.25, 0.3) is 0 Å². The molecule has 2 heteroatoms. The van der Waals surface area contributed by atoms with Crippen LogP contribution in [0.5, 0.6) is 0 Å². The lowest BCUT2D eigenvalue weighted by atomic mass is 10.0. The summed E-state index contributed by atoms with van der Waals surface area (Å²) in [4.78, 5) is 10.9. The predicted octanol–water partition coefficient (Wildman–Crippen LogP) is 2.32. The Hall–Kier alpha value is -1.15. The molecule has 14 heavy (non-hydrogen) atoms. The topological polar surface area (TPSA) is 29.1 Å². The summed E-state index contributed by atoms with van der Waals surface area (Å²) < 4.78 is 0. The molecule has 0 amide bonds. The fourth-order valence-corrected chi connectivity index (χ4v) is 1.51. The summed E-state index contributed by atoms with van der Waals surface area (Å²) in [7, 11) is 1.93. The third kappa shape index (κ3) is 3.30. The first-order chi connectivity index (χ1) is 6.74. The van der Waals surface area contributed by atoms with Crippen LogP contribution in [-0.2, 0) is 4.79 Å². The summed E-state index contributed by atoms with van der Waals surface area (Å²) in [5.41, 5.74) is 1.25.